The van der Waals surface area contributed by atoms with Gasteiger partial charge < -0.3 is 15.0 Å². The van der Waals surface area contributed by atoms with Crippen molar-refractivity contribution in [2.75, 3.05) is 25.5 Å². The van der Waals surface area contributed by atoms with Gasteiger partial charge in [0.1, 0.15) is 23.1 Å². The lowest BCUT2D eigenvalue weighted by atomic mass is 9.94. The fraction of sp³-hybridized carbons (Fsp3) is 0.350. The van der Waals surface area contributed by atoms with Gasteiger partial charge in [-0.15, -0.1) is 0 Å². The van der Waals surface area contributed by atoms with Gasteiger partial charge in [-0.05, 0) is 42.7 Å². The lowest BCUT2D eigenvalue weighted by molar-refractivity contribution is 0.211. The molecule has 1 saturated heterocycles. The maximum absolute atomic E-state index is 13.8. The molecule has 0 spiro atoms. The van der Waals surface area contributed by atoms with Crippen molar-refractivity contribution in [2.45, 2.75) is 25.2 Å². The van der Waals surface area contributed by atoms with Gasteiger partial charge in [0, 0.05) is 19.0 Å². The van der Waals surface area contributed by atoms with Gasteiger partial charge in [0.25, 0.3) is 0 Å². The van der Waals surface area contributed by atoms with Gasteiger partial charge in [-0.3, -0.25) is 0 Å². The van der Waals surface area contributed by atoms with Crippen molar-refractivity contribution < 1.29 is 18.3 Å². The van der Waals surface area contributed by atoms with Crippen molar-refractivity contribution in [1.82, 2.24) is 4.90 Å². The molecule has 1 fully saturated rings. The number of halogens is 2. The molecule has 4 nitrogen and oxygen atoms in total. The number of benzene rings is 2. The zero-order valence-electron chi connectivity index (χ0n) is 14.7. The molecule has 138 valence electrons. The number of carbonyl (C=O) groups is 1. The average molecular weight is 360 g/mol. The maximum Gasteiger partial charge on any atom is 0.322 e. The molecule has 0 bridgehead atoms. The van der Waals surface area contributed by atoms with E-state index in [4.69, 9.17) is 4.74 Å². The van der Waals surface area contributed by atoms with E-state index in [0.717, 1.165) is 42.7 Å². The number of methoxy groups -OCH3 is 1. The van der Waals surface area contributed by atoms with Crippen molar-refractivity contribution in [3.05, 3.63) is 59.7 Å². The van der Waals surface area contributed by atoms with Gasteiger partial charge in [0.15, 0.2) is 0 Å². The number of hydrogen-bond acceptors (Lipinski definition) is 2. The normalized spacial score (nSPS) is 17.5. The summed E-state index contributed by atoms with van der Waals surface area (Å²) in [6.45, 7) is 1.07. The molecule has 0 radical (unpaired) electrons. The van der Waals surface area contributed by atoms with Crippen LogP contribution in [0.3, 0.4) is 0 Å². The van der Waals surface area contributed by atoms with E-state index in [1.807, 2.05) is 24.3 Å². The Labute approximate surface area is 151 Å². The zero-order valence-corrected chi connectivity index (χ0v) is 14.7. The minimum atomic E-state index is -0.778. The zero-order chi connectivity index (χ0) is 18.5. The SMILES string of the molecule is COc1ccc(C2CCCCN(C(=O)Nc3c(F)cccc3F)C2)cc1. The summed E-state index contributed by atoms with van der Waals surface area (Å²) in [5.74, 6) is -0.591. The summed E-state index contributed by atoms with van der Waals surface area (Å²) in [6.07, 6.45) is 2.82. The molecular weight excluding hydrogens is 338 g/mol. The largest absolute Gasteiger partial charge is 0.497 e. The fourth-order valence-corrected chi connectivity index (χ4v) is 3.28. The topological polar surface area (TPSA) is 41.6 Å². The van der Waals surface area contributed by atoms with E-state index in [-0.39, 0.29) is 5.92 Å². The van der Waals surface area contributed by atoms with E-state index in [9.17, 15) is 13.6 Å². The number of carbonyl (C=O) groups excluding carboxylic acids is 1. The molecule has 1 N–H and O–H groups in total. The molecule has 2 amide bonds. The van der Waals surface area contributed by atoms with Gasteiger partial charge in [-0.25, -0.2) is 13.6 Å². The number of nitrogens with one attached hydrogen (secondary N) is 1. The Morgan fingerprint density at radius 2 is 1.81 bits per heavy atom. The van der Waals surface area contributed by atoms with E-state index in [1.54, 1.807) is 12.0 Å². The third kappa shape index (κ3) is 4.12. The first-order chi connectivity index (χ1) is 12.6. The highest BCUT2D eigenvalue weighted by molar-refractivity contribution is 5.89. The number of ether oxygens (including phenoxy) is 1. The summed E-state index contributed by atoms with van der Waals surface area (Å²) >= 11 is 0. The number of urea groups is 1. The molecule has 3 rings (SSSR count). The molecule has 1 unspecified atom stereocenters. The third-order valence-electron chi connectivity index (χ3n) is 4.74. The summed E-state index contributed by atoms with van der Waals surface area (Å²) in [5.41, 5.74) is 0.727. The number of hydrogen-bond donors (Lipinski definition) is 1. The molecule has 1 aliphatic rings. The number of rotatable bonds is 3. The average Bonchev–Trinajstić information content (AvgIpc) is 2.91. The Kier molecular flexibility index (Phi) is 5.71. The number of nitrogens with zero attached hydrogens (tertiary/aromatic N) is 1. The van der Waals surface area contributed by atoms with Crippen molar-refractivity contribution in [3.8, 4) is 5.75 Å². The molecule has 1 heterocycles. The van der Waals surface area contributed by atoms with Crippen LogP contribution in [-0.2, 0) is 0 Å². The van der Waals surface area contributed by atoms with Crippen molar-refractivity contribution in [3.63, 3.8) is 0 Å². The Morgan fingerprint density at radius 3 is 2.46 bits per heavy atom. The van der Waals surface area contributed by atoms with Crippen LogP contribution in [0.1, 0.15) is 30.7 Å². The van der Waals surface area contributed by atoms with Crippen molar-refractivity contribution >= 4 is 11.7 Å². The maximum atomic E-state index is 13.8. The minimum absolute atomic E-state index is 0.180. The summed E-state index contributed by atoms with van der Waals surface area (Å²) in [5, 5.41) is 2.38. The van der Waals surface area contributed by atoms with Gasteiger partial charge >= 0.3 is 6.03 Å². The molecule has 0 aromatic heterocycles. The van der Waals surface area contributed by atoms with E-state index >= 15 is 0 Å². The molecule has 26 heavy (non-hydrogen) atoms. The summed E-state index contributed by atoms with van der Waals surface area (Å²) in [4.78, 5) is 14.2. The molecule has 0 saturated carbocycles. The molecule has 6 heteroatoms. The molecule has 0 aliphatic carbocycles. The van der Waals surface area contributed by atoms with Gasteiger partial charge in [0.05, 0.1) is 7.11 Å². The Hall–Kier alpha value is -2.63. The first-order valence-electron chi connectivity index (χ1n) is 8.72. The summed E-state index contributed by atoms with van der Waals surface area (Å²) < 4.78 is 32.8. The molecule has 1 aliphatic heterocycles. The van der Waals surface area contributed by atoms with Crippen LogP contribution in [0.15, 0.2) is 42.5 Å². The van der Waals surface area contributed by atoms with Crippen LogP contribution in [0.5, 0.6) is 5.75 Å². The van der Waals surface area contributed by atoms with Gasteiger partial charge in [-0.1, -0.05) is 24.6 Å². The van der Waals surface area contributed by atoms with Crippen LogP contribution in [0.4, 0.5) is 19.3 Å². The van der Waals surface area contributed by atoms with E-state index < -0.39 is 23.4 Å². The third-order valence-corrected chi connectivity index (χ3v) is 4.74. The summed E-state index contributed by atoms with van der Waals surface area (Å²) in [6, 6.07) is 10.9. The summed E-state index contributed by atoms with van der Waals surface area (Å²) in [7, 11) is 1.62. The highest BCUT2D eigenvalue weighted by Crippen LogP contribution is 2.28. The Morgan fingerprint density at radius 1 is 1.12 bits per heavy atom. The molecular formula is C20H22F2N2O2. The monoisotopic (exact) mass is 360 g/mol. The number of likely N-dealkylation sites (tertiary alicyclic amines) is 1. The van der Waals surface area contributed by atoms with E-state index in [1.165, 1.54) is 6.07 Å². The van der Waals surface area contributed by atoms with Crippen LogP contribution in [-0.4, -0.2) is 31.1 Å². The second-order valence-corrected chi connectivity index (χ2v) is 6.44. The van der Waals surface area contributed by atoms with Crippen molar-refractivity contribution in [1.29, 1.82) is 0 Å². The highest BCUT2D eigenvalue weighted by atomic mass is 19.1. The van der Waals surface area contributed by atoms with E-state index in [0.29, 0.717) is 13.1 Å². The second-order valence-electron chi connectivity index (χ2n) is 6.44. The van der Waals surface area contributed by atoms with E-state index in [2.05, 4.69) is 5.32 Å². The number of anilines is 1. The smallest absolute Gasteiger partial charge is 0.322 e. The predicted octanol–water partition coefficient (Wildman–Crippen LogP) is 4.78. The Bertz CT molecular complexity index is 745. The first-order valence-corrected chi connectivity index (χ1v) is 8.72. The number of amides is 2. The lowest BCUT2D eigenvalue weighted by Gasteiger charge is -2.25. The Balaban J connectivity index is 1.73. The molecule has 2 aromatic carbocycles. The van der Waals surface area contributed by atoms with Crippen LogP contribution in [0.25, 0.3) is 0 Å². The minimum Gasteiger partial charge on any atom is -0.497 e. The van der Waals surface area contributed by atoms with Gasteiger partial charge in [0.2, 0.25) is 0 Å². The second kappa shape index (κ2) is 8.17. The molecule has 2 aromatic rings. The highest BCUT2D eigenvalue weighted by Gasteiger charge is 2.24. The predicted molar refractivity (Wildman–Crippen MR) is 96.5 cm³/mol. The first kappa shape index (κ1) is 18.2. The lowest BCUT2D eigenvalue weighted by Crippen LogP contribution is -2.37. The number of para-hydroxylation sites is 1. The van der Waals surface area contributed by atoms with Crippen LogP contribution in [0.2, 0.25) is 0 Å². The quantitative estimate of drug-likeness (QED) is 0.856. The van der Waals surface area contributed by atoms with Crippen molar-refractivity contribution in [2.24, 2.45) is 0 Å². The van der Waals surface area contributed by atoms with Crippen LogP contribution in [0, 0.1) is 11.6 Å². The molecule has 1 atom stereocenters. The standard InChI is InChI=1S/C20H22F2N2O2/c1-26-16-10-8-14(9-11-16)15-5-2-3-12-24(13-15)20(25)23-19-17(21)6-4-7-18(19)22/h4,6-11,15H,2-3,5,12-13H2,1H3,(H,23,25). The van der Waals surface area contributed by atoms with Crippen LogP contribution >= 0.6 is 0 Å². The van der Waals surface area contributed by atoms with Crippen LogP contribution < -0.4 is 10.1 Å². The van der Waals surface area contributed by atoms with Gasteiger partial charge in [-0.2, -0.15) is 0 Å². The fourth-order valence-electron chi connectivity index (χ4n) is 3.28.